The van der Waals surface area contributed by atoms with Crippen LogP contribution in [0.5, 0.6) is 0 Å². The van der Waals surface area contributed by atoms with Crippen LogP contribution in [0.1, 0.15) is 12.6 Å². The summed E-state index contributed by atoms with van der Waals surface area (Å²) in [6.45, 7) is 2.92. The molecule has 3 heteroatoms. The Morgan fingerprint density at radius 3 is 2.82 bits per heavy atom. The number of aromatic nitrogens is 1. The smallest absolute Gasteiger partial charge is 0.0852 e. The van der Waals surface area contributed by atoms with Crippen molar-refractivity contribution in [3.05, 3.63) is 24.0 Å². The van der Waals surface area contributed by atoms with Crippen molar-refractivity contribution in [3.8, 4) is 0 Å². The van der Waals surface area contributed by atoms with Gasteiger partial charge in [0, 0.05) is 6.54 Å². The molecule has 60 valence electrons. The van der Waals surface area contributed by atoms with Crippen molar-refractivity contribution in [2.45, 2.75) is 13.5 Å². The van der Waals surface area contributed by atoms with E-state index in [1.807, 2.05) is 13.0 Å². The molecule has 1 rings (SSSR count). The number of rotatable bonds is 3. The first-order valence-electron chi connectivity index (χ1n) is 3.66. The molecule has 0 aliphatic carbocycles. The van der Waals surface area contributed by atoms with Crippen molar-refractivity contribution >= 4 is 5.69 Å². The van der Waals surface area contributed by atoms with Crippen LogP contribution in [0, 0.1) is 0 Å². The first-order chi connectivity index (χ1) is 5.36. The summed E-state index contributed by atoms with van der Waals surface area (Å²) >= 11 is 0. The number of nitrogens with one attached hydrogen (secondary N) is 1. The van der Waals surface area contributed by atoms with Crippen LogP contribution >= 0.6 is 0 Å². The van der Waals surface area contributed by atoms with Gasteiger partial charge in [0.25, 0.3) is 0 Å². The van der Waals surface area contributed by atoms with Gasteiger partial charge in [-0.2, -0.15) is 0 Å². The molecule has 0 unspecified atom stereocenters. The molecule has 0 fully saturated rings. The molecule has 0 radical (unpaired) electrons. The summed E-state index contributed by atoms with van der Waals surface area (Å²) in [5, 5.41) is 11.8. The Morgan fingerprint density at radius 2 is 2.36 bits per heavy atom. The molecule has 1 aromatic rings. The van der Waals surface area contributed by atoms with Crippen LogP contribution in [0.3, 0.4) is 0 Å². The second kappa shape index (κ2) is 3.93. The Kier molecular flexibility index (Phi) is 2.86. The van der Waals surface area contributed by atoms with Gasteiger partial charge in [-0.05, 0) is 19.1 Å². The van der Waals surface area contributed by atoms with E-state index in [9.17, 15) is 0 Å². The predicted molar refractivity (Wildman–Crippen MR) is 44.3 cm³/mol. The molecular formula is C8H12N2O. The van der Waals surface area contributed by atoms with Crippen molar-refractivity contribution in [3.63, 3.8) is 0 Å². The molecule has 2 N–H and O–H groups in total. The lowest BCUT2D eigenvalue weighted by Gasteiger charge is -2.01. The minimum atomic E-state index is 0.00635. The van der Waals surface area contributed by atoms with Gasteiger partial charge in [-0.3, -0.25) is 4.98 Å². The molecule has 0 aromatic carbocycles. The molecule has 0 aliphatic rings. The fourth-order valence-corrected chi connectivity index (χ4v) is 0.827. The number of hydrogen-bond acceptors (Lipinski definition) is 3. The molecule has 3 nitrogen and oxygen atoms in total. The first kappa shape index (κ1) is 8.01. The zero-order valence-electron chi connectivity index (χ0n) is 6.54. The highest BCUT2D eigenvalue weighted by molar-refractivity contribution is 5.40. The summed E-state index contributed by atoms with van der Waals surface area (Å²) in [4.78, 5) is 4.00. The number of aliphatic hydroxyl groups excluding tert-OH is 1. The van der Waals surface area contributed by atoms with Crippen LogP contribution < -0.4 is 5.32 Å². The van der Waals surface area contributed by atoms with E-state index in [1.165, 1.54) is 0 Å². The van der Waals surface area contributed by atoms with E-state index >= 15 is 0 Å². The fourth-order valence-electron chi connectivity index (χ4n) is 0.827. The van der Waals surface area contributed by atoms with Crippen LogP contribution in [0.15, 0.2) is 18.3 Å². The Bertz CT molecular complexity index is 208. The SMILES string of the molecule is CCNc1ccc(CO)nc1. The summed E-state index contributed by atoms with van der Waals surface area (Å²) in [5.41, 5.74) is 1.69. The zero-order chi connectivity index (χ0) is 8.10. The summed E-state index contributed by atoms with van der Waals surface area (Å²) in [6, 6.07) is 3.71. The molecule has 11 heavy (non-hydrogen) atoms. The average Bonchev–Trinajstić information content (AvgIpc) is 2.07. The molecular weight excluding hydrogens is 140 g/mol. The average molecular weight is 152 g/mol. The van der Waals surface area contributed by atoms with Crippen molar-refractivity contribution in [2.75, 3.05) is 11.9 Å². The number of aliphatic hydroxyl groups is 1. The molecule has 0 aliphatic heterocycles. The monoisotopic (exact) mass is 152 g/mol. The van der Waals surface area contributed by atoms with Gasteiger partial charge < -0.3 is 10.4 Å². The molecule has 1 aromatic heterocycles. The Balaban J connectivity index is 2.66. The van der Waals surface area contributed by atoms with E-state index in [0.717, 1.165) is 12.2 Å². The molecule has 0 atom stereocenters. The van der Waals surface area contributed by atoms with Crippen molar-refractivity contribution in [1.29, 1.82) is 0 Å². The maximum atomic E-state index is 8.68. The lowest BCUT2D eigenvalue weighted by molar-refractivity contribution is 0.277. The highest BCUT2D eigenvalue weighted by Gasteiger charge is 1.91. The Morgan fingerprint density at radius 1 is 1.55 bits per heavy atom. The van der Waals surface area contributed by atoms with Gasteiger partial charge in [0.05, 0.1) is 24.2 Å². The second-order valence-corrected chi connectivity index (χ2v) is 2.23. The lowest BCUT2D eigenvalue weighted by atomic mass is 10.3. The van der Waals surface area contributed by atoms with Gasteiger partial charge in [-0.15, -0.1) is 0 Å². The predicted octanol–water partition coefficient (Wildman–Crippen LogP) is 1.01. The van der Waals surface area contributed by atoms with Gasteiger partial charge in [-0.1, -0.05) is 0 Å². The summed E-state index contributed by atoms with van der Waals surface area (Å²) in [6.07, 6.45) is 1.72. The van der Waals surface area contributed by atoms with Crippen LogP contribution in [0.2, 0.25) is 0 Å². The van der Waals surface area contributed by atoms with Crippen molar-refractivity contribution in [1.82, 2.24) is 4.98 Å². The maximum absolute atomic E-state index is 8.68. The Labute approximate surface area is 66.1 Å². The molecule has 0 bridgehead atoms. The van der Waals surface area contributed by atoms with Gasteiger partial charge >= 0.3 is 0 Å². The van der Waals surface area contributed by atoms with Crippen LogP contribution in [-0.2, 0) is 6.61 Å². The van der Waals surface area contributed by atoms with Gasteiger partial charge in [0.1, 0.15) is 0 Å². The van der Waals surface area contributed by atoms with Gasteiger partial charge in [-0.25, -0.2) is 0 Å². The quantitative estimate of drug-likeness (QED) is 0.679. The third-order valence-corrected chi connectivity index (χ3v) is 1.37. The van der Waals surface area contributed by atoms with E-state index in [0.29, 0.717) is 5.69 Å². The van der Waals surface area contributed by atoms with Crippen LogP contribution in [0.25, 0.3) is 0 Å². The summed E-state index contributed by atoms with van der Waals surface area (Å²) in [5.74, 6) is 0. The number of pyridine rings is 1. The van der Waals surface area contributed by atoms with Crippen molar-refractivity contribution in [2.24, 2.45) is 0 Å². The number of nitrogens with zero attached hydrogens (tertiary/aromatic N) is 1. The van der Waals surface area contributed by atoms with Crippen LogP contribution in [-0.4, -0.2) is 16.6 Å². The maximum Gasteiger partial charge on any atom is 0.0852 e. The normalized spacial score (nSPS) is 9.64. The van der Waals surface area contributed by atoms with E-state index in [4.69, 9.17) is 5.11 Å². The van der Waals surface area contributed by atoms with Crippen LogP contribution in [0.4, 0.5) is 5.69 Å². The summed E-state index contributed by atoms with van der Waals surface area (Å²) in [7, 11) is 0. The van der Waals surface area contributed by atoms with Gasteiger partial charge in [0.15, 0.2) is 0 Å². The van der Waals surface area contributed by atoms with Crippen molar-refractivity contribution < 1.29 is 5.11 Å². The first-order valence-corrected chi connectivity index (χ1v) is 3.66. The lowest BCUT2D eigenvalue weighted by Crippen LogP contribution is -1.97. The van der Waals surface area contributed by atoms with E-state index < -0.39 is 0 Å². The molecule has 0 saturated heterocycles. The minimum absolute atomic E-state index is 0.00635. The highest BCUT2D eigenvalue weighted by Crippen LogP contribution is 2.04. The molecule has 1 heterocycles. The minimum Gasteiger partial charge on any atom is -0.390 e. The fraction of sp³-hybridized carbons (Fsp3) is 0.375. The number of hydrogen-bond donors (Lipinski definition) is 2. The number of anilines is 1. The standard InChI is InChI=1S/C8H12N2O/c1-2-9-7-3-4-8(6-11)10-5-7/h3-5,9,11H,2,6H2,1H3. The molecule has 0 spiro atoms. The third-order valence-electron chi connectivity index (χ3n) is 1.37. The van der Waals surface area contributed by atoms with E-state index in [1.54, 1.807) is 12.3 Å². The second-order valence-electron chi connectivity index (χ2n) is 2.23. The topological polar surface area (TPSA) is 45.1 Å². The van der Waals surface area contributed by atoms with E-state index in [-0.39, 0.29) is 6.61 Å². The molecule has 0 amide bonds. The zero-order valence-corrected chi connectivity index (χ0v) is 6.54. The van der Waals surface area contributed by atoms with E-state index in [2.05, 4.69) is 10.3 Å². The highest BCUT2D eigenvalue weighted by atomic mass is 16.3. The summed E-state index contributed by atoms with van der Waals surface area (Å²) < 4.78 is 0. The Hall–Kier alpha value is -1.09. The largest absolute Gasteiger partial charge is 0.390 e. The third kappa shape index (κ3) is 2.20. The molecule has 0 saturated carbocycles. The van der Waals surface area contributed by atoms with Gasteiger partial charge in [0.2, 0.25) is 0 Å².